The van der Waals surface area contributed by atoms with Crippen molar-refractivity contribution in [3.05, 3.63) is 66.2 Å². The molecule has 0 spiro atoms. The minimum absolute atomic E-state index is 0.119. The lowest BCUT2D eigenvalue weighted by molar-refractivity contribution is -0.145. The quantitative estimate of drug-likeness (QED) is 0.842. The minimum Gasteiger partial charge on any atom is -0.469 e. The third-order valence-electron chi connectivity index (χ3n) is 3.33. The second kappa shape index (κ2) is 6.75. The summed E-state index contributed by atoms with van der Waals surface area (Å²) in [5.41, 5.74) is 2.05. The van der Waals surface area contributed by atoms with Gasteiger partial charge in [-0.2, -0.15) is 0 Å². The van der Waals surface area contributed by atoms with Crippen LogP contribution in [0.4, 0.5) is 5.69 Å². The topological polar surface area (TPSA) is 38.3 Å². The van der Waals surface area contributed by atoms with Crippen LogP contribution in [0.2, 0.25) is 0 Å². The number of anilines is 1. The van der Waals surface area contributed by atoms with Crippen molar-refractivity contribution in [2.45, 2.75) is 13.0 Å². The van der Waals surface area contributed by atoms with E-state index in [4.69, 9.17) is 4.74 Å². The van der Waals surface area contributed by atoms with Gasteiger partial charge in [0.2, 0.25) is 0 Å². The van der Waals surface area contributed by atoms with Gasteiger partial charge in [0.1, 0.15) is 0 Å². The van der Waals surface area contributed by atoms with Crippen LogP contribution in [-0.4, -0.2) is 13.1 Å². The standard InChI is InChI=1S/C17H19NO2/c1-13(17(19)20-2)16(14-9-5-3-6-10-14)18-15-11-7-4-8-12-15/h3-13,16,18H,1-2H3/t13-,16+/m1/s1. The van der Waals surface area contributed by atoms with Crippen molar-refractivity contribution in [1.82, 2.24) is 0 Å². The van der Waals surface area contributed by atoms with Crippen LogP contribution in [0.3, 0.4) is 0 Å². The molecular formula is C17H19NO2. The zero-order chi connectivity index (χ0) is 14.4. The Morgan fingerprint density at radius 1 is 1.00 bits per heavy atom. The van der Waals surface area contributed by atoms with Gasteiger partial charge in [0.05, 0.1) is 19.1 Å². The molecule has 0 aliphatic carbocycles. The predicted molar refractivity (Wildman–Crippen MR) is 80.4 cm³/mol. The highest BCUT2D eigenvalue weighted by molar-refractivity contribution is 5.73. The maximum Gasteiger partial charge on any atom is 0.310 e. The van der Waals surface area contributed by atoms with Crippen LogP contribution >= 0.6 is 0 Å². The van der Waals surface area contributed by atoms with E-state index < -0.39 is 0 Å². The molecule has 0 aliphatic rings. The number of esters is 1. The van der Waals surface area contributed by atoms with Crippen molar-refractivity contribution >= 4 is 11.7 Å². The summed E-state index contributed by atoms with van der Waals surface area (Å²) in [6, 6.07) is 19.7. The van der Waals surface area contributed by atoms with Crippen molar-refractivity contribution < 1.29 is 9.53 Å². The summed E-state index contributed by atoms with van der Waals surface area (Å²) in [5.74, 6) is -0.495. The van der Waals surface area contributed by atoms with Crippen molar-refractivity contribution in [3.8, 4) is 0 Å². The number of nitrogens with one attached hydrogen (secondary N) is 1. The zero-order valence-corrected chi connectivity index (χ0v) is 11.7. The summed E-state index contributed by atoms with van der Waals surface area (Å²) in [6.07, 6.45) is 0. The number of hydrogen-bond acceptors (Lipinski definition) is 3. The first-order valence-electron chi connectivity index (χ1n) is 6.66. The third-order valence-corrected chi connectivity index (χ3v) is 3.33. The summed E-state index contributed by atoms with van der Waals surface area (Å²) < 4.78 is 4.87. The van der Waals surface area contributed by atoms with Gasteiger partial charge in [-0.05, 0) is 24.6 Å². The minimum atomic E-state index is -0.275. The van der Waals surface area contributed by atoms with E-state index in [0.717, 1.165) is 11.3 Å². The second-order valence-electron chi connectivity index (χ2n) is 4.71. The molecule has 0 saturated carbocycles. The number of hydrogen-bond donors (Lipinski definition) is 1. The van der Waals surface area contributed by atoms with Gasteiger partial charge in [-0.1, -0.05) is 48.5 Å². The van der Waals surface area contributed by atoms with E-state index in [0.29, 0.717) is 0 Å². The molecule has 0 unspecified atom stereocenters. The second-order valence-corrected chi connectivity index (χ2v) is 4.71. The molecule has 3 heteroatoms. The van der Waals surface area contributed by atoms with E-state index in [1.54, 1.807) is 0 Å². The molecule has 0 amide bonds. The number of rotatable bonds is 5. The van der Waals surface area contributed by atoms with Crippen LogP contribution in [0.25, 0.3) is 0 Å². The lowest BCUT2D eigenvalue weighted by atomic mass is 9.94. The Hall–Kier alpha value is -2.29. The maximum absolute atomic E-state index is 11.9. The molecule has 20 heavy (non-hydrogen) atoms. The Labute approximate surface area is 119 Å². The summed E-state index contributed by atoms with van der Waals surface area (Å²) in [5, 5.41) is 3.41. The molecule has 0 aromatic heterocycles. The highest BCUT2D eigenvalue weighted by atomic mass is 16.5. The molecule has 2 atom stereocenters. The number of methoxy groups -OCH3 is 1. The molecule has 0 radical (unpaired) electrons. The predicted octanol–water partition coefficient (Wildman–Crippen LogP) is 3.65. The first kappa shape index (κ1) is 14.1. The van der Waals surface area contributed by atoms with Gasteiger partial charge in [-0.15, -0.1) is 0 Å². The molecular weight excluding hydrogens is 250 g/mol. The summed E-state index contributed by atoms with van der Waals surface area (Å²) in [4.78, 5) is 11.9. The number of ether oxygens (including phenoxy) is 1. The first-order valence-corrected chi connectivity index (χ1v) is 6.66. The molecule has 2 rings (SSSR count). The Morgan fingerprint density at radius 2 is 1.55 bits per heavy atom. The summed E-state index contributed by atoms with van der Waals surface area (Å²) in [6.45, 7) is 1.87. The van der Waals surface area contributed by atoms with E-state index in [9.17, 15) is 4.79 Å². The molecule has 0 fully saturated rings. The largest absolute Gasteiger partial charge is 0.469 e. The normalized spacial score (nSPS) is 13.3. The molecule has 0 aliphatic heterocycles. The van der Waals surface area contributed by atoms with E-state index in [-0.39, 0.29) is 17.9 Å². The molecule has 2 aromatic rings. The lowest BCUT2D eigenvalue weighted by Crippen LogP contribution is -2.26. The van der Waals surface area contributed by atoms with Crippen LogP contribution in [0, 0.1) is 5.92 Å². The SMILES string of the molecule is COC(=O)[C@H](C)[C@H](Nc1ccccc1)c1ccccc1. The fourth-order valence-corrected chi connectivity index (χ4v) is 2.19. The van der Waals surface area contributed by atoms with Gasteiger partial charge in [-0.25, -0.2) is 0 Å². The van der Waals surface area contributed by atoms with Gasteiger partial charge in [-0.3, -0.25) is 4.79 Å². The number of carbonyl (C=O) groups is 1. The molecule has 2 aromatic carbocycles. The number of carbonyl (C=O) groups excluding carboxylic acids is 1. The zero-order valence-electron chi connectivity index (χ0n) is 11.7. The van der Waals surface area contributed by atoms with Gasteiger partial charge >= 0.3 is 5.97 Å². The highest BCUT2D eigenvalue weighted by Crippen LogP contribution is 2.27. The third kappa shape index (κ3) is 3.38. The van der Waals surface area contributed by atoms with Crippen molar-refractivity contribution in [2.75, 3.05) is 12.4 Å². The fourth-order valence-electron chi connectivity index (χ4n) is 2.19. The van der Waals surface area contributed by atoms with Crippen molar-refractivity contribution in [3.63, 3.8) is 0 Å². The smallest absolute Gasteiger partial charge is 0.310 e. The van der Waals surface area contributed by atoms with Crippen LogP contribution in [0.5, 0.6) is 0 Å². The Morgan fingerprint density at radius 3 is 2.10 bits per heavy atom. The van der Waals surface area contributed by atoms with Crippen molar-refractivity contribution in [1.29, 1.82) is 0 Å². The van der Waals surface area contributed by atoms with Gasteiger partial charge in [0.15, 0.2) is 0 Å². The molecule has 0 saturated heterocycles. The van der Waals surface area contributed by atoms with Gasteiger partial charge in [0.25, 0.3) is 0 Å². The van der Waals surface area contributed by atoms with E-state index in [1.165, 1.54) is 7.11 Å². The maximum atomic E-state index is 11.9. The van der Waals surface area contributed by atoms with Crippen LogP contribution < -0.4 is 5.32 Å². The highest BCUT2D eigenvalue weighted by Gasteiger charge is 2.26. The summed E-state index contributed by atoms with van der Waals surface area (Å²) >= 11 is 0. The number of benzene rings is 2. The lowest BCUT2D eigenvalue weighted by Gasteiger charge is -2.25. The number of para-hydroxylation sites is 1. The molecule has 104 valence electrons. The van der Waals surface area contributed by atoms with Gasteiger partial charge < -0.3 is 10.1 Å². The molecule has 0 heterocycles. The fraction of sp³-hybridized carbons (Fsp3) is 0.235. The van der Waals surface area contributed by atoms with Crippen molar-refractivity contribution in [2.24, 2.45) is 5.92 Å². The van der Waals surface area contributed by atoms with E-state index in [1.807, 2.05) is 67.6 Å². The Bertz CT molecular complexity index is 539. The van der Waals surface area contributed by atoms with Crippen LogP contribution in [0.15, 0.2) is 60.7 Å². The average Bonchev–Trinajstić information content (AvgIpc) is 2.53. The molecule has 0 bridgehead atoms. The van der Waals surface area contributed by atoms with Crippen LogP contribution in [0.1, 0.15) is 18.5 Å². The monoisotopic (exact) mass is 269 g/mol. The molecule has 3 nitrogen and oxygen atoms in total. The van der Waals surface area contributed by atoms with E-state index in [2.05, 4.69) is 5.32 Å². The molecule has 1 N–H and O–H groups in total. The van der Waals surface area contributed by atoms with E-state index >= 15 is 0 Å². The average molecular weight is 269 g/mol. The first-order chi connectivity index (χ1) is 9.72. The Balaban J connectivity index is 2.27. The Kier molecular flexibility index (Phi) is 4.77. The van der Waals surface area contributed by atoms with Crippen LogP contribution in [-0.2, 0) is 9.53 Å². The summed E-state index contributed by atoms with van der Waals surface area (Å²) in [7, 11) is 1.42. The van der Waals surface area contributed by atoms with Gasteiger partial charge in [0, 0.05) is 5.69 Å².